The molecule has 144 valence electrons. The highest BCUT2D eigenvalue weighted by molar-refractivity contribution is 14.1. The van der Waals surface area contributed by atoms with Crippen molar-refractivity contribution in [3.8, 4) is 0 Å². The van der Waals surface area contributed by atoms with Crippen molar-refractivity contribution in [1.29, 1.82) is 0 Å². The molecule has 1 aromatic carbocycles. The normalized spacial score (nSPS) is 13.0. The van der Waals surface area contributed by atoms with Gasteiger partial charge in [0, 0.05) is 9.14 Å². The standard InChI is InChI=1S/C15H15F2IO7S/c1-9(2)14(20)25-12(10-3-5-11(18)6-4-10)7-13(19)24-8-15(16,17)26(21,22)23/h3-6,12H,1,7-8H2,2H3,(H,21,22,23)/p-1. The van der Waals surface area contributed by atoms with Gasteiger partial charge in [-0.3, -0.25) is 4.79 Å². The van der Waals surface area contributed by atoms with Gasteiger partial charge >= 0.3 is 17.2 Å². The van der Waals surface area contributed by atoms with Crippen molar-refractivity contribution in [2.45, 2.75) is 24.7 Å². The van der Waals surface area contributed by atoms with Gasteiger partial charge in [-0.2, -0.15) is 8.78 Å². The number of alkyl halides is 2. The number of hydrogen-bond acceptors (Lipinski definition) is 7. The van der Waals surface area contributed by atoms with Crippen LogP contribution in [0.25, 0.3) is 0 Å². The molecule has 0 bridgehead atoms. The number of esters is 2. The quantitative estimate of drug-likeness (QED) is 0.232. The molecular formula is C15H14F2IO7S-. The average molecular weight is 503 g/mol. The third-order valence-electron chi connectivity index (χ3n) is 2.96. The van der Waals surface area contributed by atoms with E-state index in [1.54, 1.807) is 24.3 Å². The number of benzene rings is 1. The summed E-state index contributed by atoms with van der Waals surface area (Å²) < 4.78 is 67.4. The van der Waals surface area contributed by atoms with Crippen LogP contribution in [0.15, 0.2) is 36.4 Å². The molecule has 0 aliphatic carbocycles. The van der Waals surface area contributed by atoms with Gasteiger partial charge in [-0.05, 0) is 47.2 Å². The van der Waals surface area contributed by atoms with E-state index in [4.69, 9.17) is 4.74 Å². The van der Waals surface area contributed by atoms with E-state index in [-0.39, 0.29) is 5.57 Å². The second-order valence-corrected chi connectivity index (χ2v) is 7.93. The van der Waals surface area contributed by atoms with Gasteiger partial charge in [0.2, 0.25) is 0 Å². The molecular weight excluding hydrogens is 489 g/mol. The van der Waals surface area contributed by atoms with Gasteiger partial charge in [0.15, 0.2) is 16.7 Å². The third-order valence-corrected chi connectivity index (χ3v) is 4.53. The maximum atomic E-state index is 13.0. The largest absolute Gasteiger partial charge is 0.743 e. The van der Waals surface area contributed by atoms with Gasteiger partial charge in [-0.15, -0.1) is 0 Å². The maximum absolute atomic E-state index is 13.0. The number of halogens is 3. The number of carbonyl (C=O) groups is 2. The summed E-state index contributed by atoms with van der Waals surface area (Å²) in [5, 5.41) is -4.75. The molecule has 0 fully saturated rings. The average Bonchev–Trinajstić information content (AvgIpc) is 2.52. The summed E-state index contributed by atoms with van der Waals surface area (Å²) in [6, 6.07) is 6.45. The minimum Gasteiger partial charge on any atom is -0.743 e. The Morgan fingerprint density at radius 3 is 2.31 bits per heavy atom. The molecule has 1 aromatic rings. The molecule has 0 N–H and O–H groups in total. The highest BCUT2D eigenvalue weighted by Crippen LogP contribution is 2.25. The molecule has 1 rings (SSSR count). The molecule has 0 aliphatic rings. The van der Waals surface area contributed by atoms with E-state index in [1.165, 1.54) is 6.92 Å². The second-order valence-electron chi connectivity index (χ2n) is 5.18. The van der Waals surface area contributed by atoms with Crippen LogP contribution in [0.5, 0.6) is 0 Å². The summed E-state index contributed by atoms with van der Waals surface area (Å²) in [6.07, 6.45) is -1.82. The molecule has 7 nitrogen and oxygen atoms in total. The molecule has 0 aliphatic heterocycles. The summed E-state index contributed by atoms with van der Waals surface area (Å²) >= 11 is 2.03. The molecule has 0 aromatic heterocycles. The lowest BCUT2D eigenvalue weighted by Gasteiger charge is -2.21. The zero-order valence-corrected chi connectivity index (χ0v) is 16.4. The molecule has 1 unspecified atom stereocenters. The topological polar surface area (TPSA) is 110 Å². The summed E-state index contributed by atoms with van der Waals surface area (Å²) in [7, 11) is -5.97. The Bertz CT molecular complexity index is 791. The number of ether oxygens (including phenoxy) is 2. The zero-order valence-electron chi connectivity index (χ0n) is 13.4. The molecule has 0 amide bonds. The van der Waals surface area contributed by atoms with Crippen LogP contribution in [-0.2, 0) is 29.2 Å². The van der Waals surface area contributed by atoms with Crippen molar-refractivity contribution in [2.24, 2.45) is 0 Å². The molecule has 0 spiro atoms. The third kappa shape index (κ3) is 6.61. The molecule has 0 saturated carbocycles. The van der Waals surface area contributed by atoms with Gasteiger partial charge < -0.3 is 14.0 Å². The van der Waals surface area contributed by atoms with Gasteiger partial charge in [0.05, 0.1) is 6.42 Å². The van der Waals surface area contributed by atoms with Crippen molar-refractivity contribution < 1.29 is 40.8 Å². The summed E-state index contributed by atoms with van der Waals surface area (Å²) in [6.45, 7) is 2.85. The molecule has 0 radical (unpaired) electrons. The number of rotatable bonds is 8. The molecule has 26 heavy (non-hydrogen) atoms. The maximum Gasteiger partial charge on any atom is 0.367 e. The smallest absolute Gasteiger partial charge is 0.367 e. The van der Waals surface area contributed by atoms with Crippen LogP contribution in [0.3, 0.4) is 0 Å². The monoisotopic (exact) mass is 503 g/mol. The number of hydrogen-bond donors (Lipinski definition) is 0. The van der Waals surface area contributed by atoms with Gasteiger partial charge in [0.1, 0.15) is 6.10 Å². The van der Waals surface area contributed by atoms with Crippen LogP contribution in [0, 0.1) is 3.57 Å². The first kappa shape index (κ1) is 22.4. The molecule has 1 atom stereocenters. The fraction of sp³-hybridized carbons (Fsp3) is 0.333. The van der Waals surface area contributed by atoms with Crippen LogP contribution < -0.4 is 0 Å². The van der Waals surface area contributed by atoms with Crippen molar-refractivity contribution in [2.75, 3.05) is 6.61 Å². The predicted molar refractivity (Wildman–Crippen MR) is 93.0 cm³/mol. The lowest BCUT2D eigenvalue weighted by molar-refractivity contribution is -0.156. The van der Waals surface area contributed by atoms with Crippen LogP contribution >= 0.6 is 22.6 Å². The SMILES string of the molecule is C=C(C)C(=O)OC(CC(=O)OCC(F)(F)S(=O)(=O)[O-])c1ccc(I)cc1. The van der Waals surface area contributed by atoms with E-state index in [0.29, 0.717) is 5.56 Å². The van der Waals surface area contributed by atoms with Gasteiger partial charge in [0.25, 0.3) is 0 Å². The summed E-state index contributed by atoms with van der Waals surface area (Å²) in [5.41, 5.74) is 0.443. The highest BCUT2D eigenvalue weighted by Gasteiger charge is 2.39. The van der Waals surface area contributed by atoms with Crippen molar-refractivity contribution in [3.63, 3.8) is 0 Å². The Kier molecular flexibility index (Phi) is 7.65. The van der Waals surface area contributed by atoms with E-state index in [1.807, 2.05) is 22.6 Å². The van der Waals surface area contributed by atoms with E-state index in [9.17, 15) is 31.3 Å². The first-order valence-corrected chi connectivity index (χ1v) is 9.43. The Balaban J connectivity index is 2.88. The Morgan fingerprint density at radius 1 is 1.31 bits per heavy atom. The highest BCUT2D eigenvalue weighted by atomic mass is 127. The lowest BCUT2D eigenvalue weighted by atomic mass is 10.1. The first-order chi connectivity index (χ1) is 11.8. The predicted octanol–water partition coefficient (Wildman–Crippen LogP) is 2.52. The van der Waals surface area contributed by atoms with Crippen LogP contribution in [-0.4, -0.2) is 36.8 Å². The Morgan fingerprint density at radius 2 is 1.85 bits per heavy atom. The van der Waals surface area contributed by atoms with Crippen molar-refractivity contribution in [1.82, 2.24) is 0 Å². The van der Waals surface area contributed by atoms with Crippen molar-refractivity contribution >= 4 is 44.6 Å². The van der Waals surface area contributed by atoms with Crippen LogP contribution in [0.2, 0.25) is 0 Å². The first-order valence-electron chi connectivity index (χ1n) is 6.94. The van der Waals surface area contributed by atoms with Crippen molar-refractivity contribution in [3.05, 3.63) is 45.6 Å². The fourth-order valence-corrected chi connectivity index (χ4v) is 2.14. The molecule has 0 heterocycles. The van der Waals surface area contributed by atoms with Crippen LogP contribution in [0.4, 0.5) is 8.78 Å². The molecule has 0 saturated heterocycles. The minimum absolute atomic E-state index is 0.0536. The Hall–Kier alpha value is -1.60. The Labute approximate surface area is 162 Å². The van der Waals surface area contributed by atoms with E-state index < -0.39 is 46.4 Å². The lowest BCUT2D eigenvalue weighted by Crippen LogP contribution is -2.35. The summed E-state index contributed by atoms with van der Waals surface area (Å²) in [4.78, 5) is 23.5. The molecule has 11 heteroatoms. The summed E-state index contributed by atoms with van der Waals surface area (Å²) in [5.74, 6) is -2.08. The fourth-order valence-electron chi connectivity index (χ4n) is 1.58. The van der Waals surface area contributed by atoms with Gasteiger partial charge in [-0.25, -0.2) is 13.2 Å². The second kappa shape index (κ2) is 8.86. The zero-order chi connectivity index (χ0) is 20.1. The van der Waals surface area contributed by atoms with Crippen LogP contribution in [0.1, 0.15) is 25.0 Å². The van der Waals surface area contributed by atoms with E-state index in [0.717, 1.165) is 3.57 Å². The van der Waals surface area contributed by atoms with E-state index in [2.05, 4.69) is 11.3 Å². The minimum atomic E-state index is -5.97. The number of carbonyl (C=O) groups excluding carboxylic acids is 2. The van der Waals surface area contributed by atoms with E-state index >= 15 is 0 Å². The van der Waals surface area contributed by atoms with Gasteiger partial charge in [-0.1, -0.05) is 18.7 Å².